The fourth-order valence-electron chi connectivity index (χ4n) is 3.20. The molecular weight excluding hydrogens is 352 g/mol. The number of rotatable bonds is 4. The van der Waals surface area contributed by atoms with Crippen LogP contribution in [-0.4, -0.2) is 33.2 Å². The van der Waals surface area contributed by atoms with E-state index in [9.17, 15) is 9.59 Å². The number of benzene rings is 2. The van der Waals surface area contributed by atoms with E-state index >= 15 is 0 Å². The fourth-order valence-corrected chi connectivity index (χ4v) is 3.40. The van der Waals surface area contributed by atoms with Gasteiger partial charge < -0.3 is 15.2 Å². The molecule has 1 atom stereocenters. The van der Waals surface area contributed by atoms with Gasteiger partial charge in [0.05, 0.1) is 17.0 Å². The average Bonchev–Trinajstić information content (AvgIpc) is 3.17. The first-order chi connectivity index (χ1) is 12.6. The third-order valence-electron chi connectivity index (χ3n) is 4.52. The molecule has 1 aliphatic heterocycles. The van der Waals surface area contributed by atoms with E-state index in [0.717, 1.165) is 16.6 Å². The Kier molecular flexibility index (Phi) is 4.34. The smallest absolute Gasteiger partial charge is 0.229 e. The lowest BCUT2D eigenvalue weighted by atomic mass is 10.1. The van der Waals surface area contributed by atoms with E-state index in [2.05, 4.69) is 15.3 Å². The molecule has 6 nitrogen and oxygen atoms in total. The van der Waals surface area contributed by atoms with E-state index in [1.807, 2.05) is 30.3 Å². The second kappa shape index (κ2) is 6.80. The van der Waals surface area contributed by atoms with Gasteiger partial charge in [-0.2, -0.15) is 0 Å². The van der Waals surface area contributed by atoms with Crippen molar-refractivity contribution in [2.75, 3.05) is 11.9 Å². The van der Waals surface area contributed by atoms with Gasteiger partial charge in [-0.15, -0.1) is 0 Å². The number of anilines is 1. The second-order valence-electron chi connectivity index (χ2n) is 6.41. The summed E-state index contributed by atoms with van der Waals surface area (Å²) in [6.07, 6.45) is 0.233. The van der Waals surface area contributed by atoms with E-state index in [4.69, 9.17) is 11.6 Å². The van der Waals surface area contributed by atoms with Gasteiger partial charge in [0.25, 0.3) is 0 Å². The van der Waals surface area contributed by atoms with Crippen LogP contribution in [0.2, 0.25) is 5.28 Å². The van der Waals surface area contributed by atoms with Crippen molar-refractivity contribution in [3.63, 3.8) is 0 Å². The first-order valence-electron chi connectivity index (χ1n) is 8.36. The van der Waals surface area contributed by atoms with E-state index in [1.54, 1.807) is 23.1 Å². The number of H-pyrrole nitrogens is 1. The van der Waals surface area contributed by atoms with Crippen LogP contribution in [0, 0.1) is 5.92 Å². The number of hydrogen-bond donors (Lipinski definition) is 2. The first kappa shape index (κ1) is 16.6. The Morgan fingerprint density at radius 3 is 2.88 bits per heavy atom. The van der Waals surface area contributed by atoms with Crippen LogP contribution in [0.15, 0.2) is 48.5 Å². The van der Waals surface area contributed by atoms with Crippen LogP contribution in [-0.2, 0) is 16.1 Å². The van der Waals surface area contributed by atoms with Crippen LogP contribution in [0.5, 0.6) is 0 Å². The molecule has 2 N–H and O–H groups in total. The van der Waals surface area contributed by atoms with E-state index in [-0.39, 0.29) is 24.2 Å². The van der Waals surface area contributed by atoms with Crippen molar-refractivity contribution in [2.45, 2.75) is 13.0 Å². The van der Waals surface area contributed by atoms with E-state index in [0.29, 0.717) is 24.1 Å². The number of imidazole rings is 1. The fraction of sp³-hybridized carbons (Fsp3) is 0.211. The molecule has 4 rings (SSSR count). The molecule has 3 aromatic rings. The number of nitrogens with zero attached hydrogens (tertiary/aromatic N) is 2. The molecule has 0 radical (unpaired) electrons. The number of nitrogens with one attached hydrogen (secondary N) is 2. The third kappa shape index (κ3) is 3.41. The van der Waals surface area contributed by atoms with Crippen molar-refractivity contribution in [3.05, 3.63) is 59.4 Å². The minimum absolute atomic E-state index is 0.00445. The first-order valence-corrected chi connectivity index (χ1v) is 8.74. The molecule has 7 heteroatoms. The number of likely N-dealkylation sites (tertiary alicyclic amines) is 1. The van der Waals surface area contributed by atoms with Gasteiger partial charge in [0.15, 0.2) is 0 Å². The topological polar surface area (TPSA) is 78.1 Å². The van der Waals surface area contributed by atoms with Gasteiger partial charge in [0.2, 0.25) is 17.1 Å². The molecule has 1 unspecified atom stereocenters. The largest absolute Gasteiger partial charge is 0.338 e. The molecule has 0 saturated carbocycles. The Morgan fingerprint density at radius 2 is 2.08 bits per heavy atom. The normalized spacial score (nSPS) is 17.0. The Hall–Kier alpha value is -2.86. The molecule has 2 amide bonds. The number of fused-ring (bicyclic) bond motifs is 1. The molecule has 0 spiro atoms. The molecule has 26 heavy (non-hydrogen) atoms. The molecule has 132 valence electrons. The van der Waals surface area contributed by atoms with Gasteiger partial charge in [-0.1, -0.05) is 30.3 Å². The highest BCUT2D eigenvalue weighted by molar-refractivity contribution is 6.29. The van der Waals surface area contributed by atoms with Crippen molar-refractivity contribution in [1.29, 1.82) is 0 Å². The predicted molar refractivity (Wildman–Crippen MR) is 99.7 cm³/mol. The number of aromatic amines is 1. The summed E-state index contributed by atoms with van der Waals surface area (Å²) < 4.78 is 0. The number of carbonyl (C=O) groups excluding carboxylic acids is 2. The van der Waals surface area contributed by atoms with Crippen molar-refractivity contribution in [1.82, 2.24) is 14.9 Å². The minimum Gasteiger partial charge on any atom is -0.338 e. The molecule has 2 aromatic carbocycles. The Labute approximate surface area is 155 Å². The van der Waals surface area contributed by atoms with Gasteiger partial charge in [-0.25, -0.2) is 4.98 Å². The van der Waals surface area contributed by atoms with Gasteiger partial charge in [-0.3, -0.25) is 9.59 Å². The minimum atomic E-state index is -0.354. The molecule has 0 aliphatic carbocycles. The summed E-state index contributed by atoms with van der Waals surface area (Å²) in [4.78, 5) is 33.6. The highest BCUT2D eigenvalue weighted by atomic mass is 35.5. The summed E-state index contributed by atoms with van der Waals surface area (Å²) in [6, 6.07) is 15.1. The van der Waals surface area contributed by atoms with Crippen LogP contribution in [0.1, 0.15) is 12.0 Å². The third-order valence-corrected chi connectivity index (χ3v) is 4.70. The Balaban J connectivity index is 1.42. The van der Waals surface area contributed by atoms with Crippen molar-refractivity contribution < 1.29 is 9.59 Å². The van der Waals surface area contributed by atoms with Crippen LogP contribution < -0.4 is 5.32 Å². The van der Waals surface area contributed by atoms with E-state index < -0.39 is 0 Å². The summed E-state index contributed by atoms with van der Waals surface area (Å²) in [7, 11) is 0. The lowest BCUT2D eigenvalue weighted by Gasteiger charge is -2.16. The summed E-state index contributed by atoms with van der Waals surface area (Å²) >= 11 is 5.85. The maximum atomic E-state index is 12.6. The lowest BCUT2D eigenvalue weighted by Crippen LogP contribution is -2.28. The number of carbonyl (C=O) groups is 2. The van der Waals surface area contributed by atoms with Crippen LogP contribution in [0.25, 0.3) is 11.0 Å². The Bertz CT molecular complexity index is 970. The zero-order valence-corrected chi connectivity index (χ0v) is 14.7. The van der Waals surface area contributed by atoms with Gasteiger partial charge in [0.1, 0.15) is 0 Å². The zero-order valence-electron chi connectivity index (χ0n) is 13.9. The van der Waals surface area contributed by atoms with Crippen molar-refractivity contribution >= 4 is 40.1 Å². The van der Waals surface area contributed by atoms with Crippen LogP contribution in [0.3, 0.4) is 0 Å². The lowest BCUT2D eigenvalue weighted by molar-refractivity contribution is -0.128. The van der Waals surface area contributed by atoms with Crippen molar-refractivity contribution in [2.24, 2.45) is 5.92 Å². The molecule has 2 heterocycles. The highest BCUT2D eigenvalue weighted by Crippen LogP contribution is 2.23. The zero-order chi connectivity index (χ0) is 18.1. The average molecular weight is 369 g/mol. The van der Waals surface area contributed by atoms with Gasteiger partial charge in [0, 0.05) is 25.2 Å². The van der Waals surface area contributed by atoms with Crippen LogP contribution in [0.4, 0.5) is 5.69 Å². The number of aromatic nitrogens is 2. The molecule has 0 bridgehead atoms. The van der Waals surface area contributed by atoms with Gasteiger partial charge >= 0.3 is 0 Å². The van der Waals surface area contributed by atoms with E-state index in [1.165, 1.54) is 0 Å². The standard InChI is InChI=1S/C19H17ClN4O2/c20-19-22-15-7-6-14(9-16(15)23-19)21-18(26)13-8-17(25)24(11-13)10-12-4-2-1-3-5-12/h1-7,9,13H,8,10-11H2,(H,21,26)(H,22,23). The summed E-state index contributed by atoms with van der Waals surface area (Å²) in [5, 5.41) is 3.19. The quantitative estimate of drug-likeness (QED) is 0.742. The summed E-state index contributed by atoms with van der Waals surface area (Å²) in [5.41, 5.74) is 3.19. The number of amides is 2. The molecular formula is C19H17ClN4O2. The summed E-state index contributed by atoms with van der Waals surface area (Å²) in [6.45, 7) is 0.958. The maximum Gasteiger partial charge on any atom is 0.229 e. The monoisotopic (exact) mass is 368 g/mol. The summed E-state index contributed by atoms with van der Waals surface area (Å²) in [5.74, 6) is -0.504. The molecule has 1 aromatic heterocycles. The highest BCUT2D eigenvalue weighted by Gasteiger charge is 2.34. The van der Waals surface area contributed by atoms with Crippen LogP contribution >= 0.6 is 11.6 Å². The maximum absolute atomic E-state index is 12.6. The Morgan fingerprint density at radius 1 is 1.27 bits per heavy atom. The van der Waals surface area contributed by atoms with Crippen molar-refractivity contribution in [3.8, 4) is 0 Å². The van der Waals surface area contributed by atoms with Gasteiger partial charge in [-0.05, 0) is 35.4 Å². The SMILES string of the molecule is O=C(Nc1ccc2nc(Cl)[nH]c2c1)C1CC(=O)N(Cc2ccccc2)C1. The predicted octanol–water partition coefficient (Wildman–Crippen LogP) is 3.20. The molecule has 1 aliphatic rings. The number of halogens is 1. The number of hydrogen-bond acceptors (Lipinski definition) is 3. The second-order valence-corrected chi connectivity index (χ2v) is 6.77. The molecule has 1 saturated heterocycles. The molecule has 1 fully saturated rings.